The van der Waals surface area contributed by atoms with Crippen LogP contribution in [0.3, 0.4) is 0 Å². The number of thiol groups is 1. The number of hydrogen-bond donors (Lipinski definition) is 3. The van der Waals surface area contributed by atoms with Crippen LogP contribution in [0.2, 0.25) is 0 Å². The number of hydrogen-bond acceptors (Lipinski definition) is 3. The summed E-state index contributed by atoms with van der Waals surface area (Å²) in [5.74, 6) is 4.68. The molecule has 7 heavy (non-hydrogen) atoms. The monoisotopic (exact) mass is 121 g/mol. The number of rotatable bonds is 0. The molecule has 0 aliphatic heterocycles. The van der Waals surface area contributed by atoms with E-state index in [2.05, 4.69) is 18.7 Å². The number of amides is 2. The lowest BCUT2D eigenvalue weighted by molar-refractivity contribution is 0.231. The second-order valence-electron chi connectivity index (χ2n) is 0.973. The van der Waals surface area contributed by atoms with Crippen LogP contribution < -0.4 is 11.3 Å². The van der Waals surface area contributed by atoms with Crippen molar-refractivity contribution in [2.24, 2.45) is 5.84 Å². The van der Waals surface area contributed by atoms with E-state index in [0.717, 1.165) is 4.31 Å². The maximum atomic E-state index is 10.1. The standard InChI is InChI=1S/C2H7N3OS/c1-5(7)2(6)4-3/h7H,3H2,1H3,(H,4,6). The molecule has 0 bridgehead atoms. The van der Waals surface area contributed by atoms with Crippen LogP contribution in [0.15, 0.2) is 0 Å². The van der Waals surface area contributed by atoms with Crippen molar-refractivity contribution in [3.8, 4) is 0 Å². The normalized spacial score (nSPS) is 7.86. The molecule has 0 aliphatic carbocycles. The van der Waals surface area contributed by atoms with Crippen LogP contribution in [0, 0.1) is 0 Å². The van der Waals surface area contributed by atoms with Crippen LogP contribution in [-0.4, -0.2) is 17.4 Å². The van der Waals surface area contributed by atoms with Crippen LogP contribution in [0.4, 0.5) is 4.79 Å². The first-order valence-corrected chi connectivity index (χ1v) is 2.01. The van der Waals surface area contributed by atoms with Crippen molar-refractivity contribution < 1.29 is 4.79 Å². The third kappa shape index (κ3) is 2.30. The molecule has 0 aromatic rings. The minimum Gasteiger partial charge on any atom is -0.275 e. The van der Waals surface area contributed by atoms with E-state index in [9.17, 15) is 4.79 Å². The van der Waals surface area contributed by atoms with Gasteiger partial charge in [-0.1, -0.05) is 12.8 Å². The predicted molar refractivity (Wildman–Crippen MR) is 29.5 cm³/mol. The zero-order chi connectivity index (χ0) is 5.86. The zero-order valence-electron chi connectivity index (χ0n) is 3.88. The molecule has 0 aromatic carbocycles. The Bertz CT molecular complexity index is 73.3. The lowest BCUT2D eigenvalue weighted by Gasteiger charge is -2.04. The lowest BCUT2D eigenvalue weighted by Crippen LogP contribution is -2.36. The molecule has 0 atom stereocenters. The highest BCUT2D eigenvalue weighted by Gasteiger charge is 1.96. The molecule has 0 aromatic heterocycles. The van der Waals surface area contributed by atoms with Gasteiger partial charge in [0, 0.05) is 7.05 Å². The molecule has 0 saturated heterocycles. The van der Waals surface area contributed by atoms with Crippen molar-refractivity contribution in [1.82, 2.24) is 9.73 Å². The summed E-state index contributed by atoms with van der Waals surface area (Å²) >= 11 is 3.61. The number of urea groups is 1. The zero-order valence-corrected chi connectivity index (χ0v) is 4.77. The van der Waals surface area contributed by atoms with E-state index < -0.39 is 6.03 Å². The van der Waals surface area contributed by atoms with Gasteiger partial charge in [-0.2, -0.15) is 0 Å². The summed E-state index contributed by atoms with van der Waals surface area (Å²) in [7, 11) is 1.48. The molecular weight excluding hydrogens is 114 g/mol. The summed E-state index contributed by atoms with van der Waals surface area (Å²) in [5.41, 5.74) is 1.88. The van der Waals surface area contributed by atoms with Crippen molar-refractivity contribution in [3.05, 3.63) is 0 Å². The average Bonchev–Trinajstić information content (AvgIpc) is 1.65. The Kier molecular flexibility index (Phi) is 2.54. The van der Waals surface area contributed by atoms with Gasteiger partial charge in [-0.25, -0.2) is 10.6 Å². The third-order valence-electron chi connectivity index (χ3n) is 0.417. The minimum absolute atomic E-state index is 0.427. The van der Waals surface area contributed by atoms with Gasteiger partial charge in [0.2, 0.25) is 0 Å². The number of hydrazine groups is 1. The molecule has 0 heterocycles. The summed E-state index contributed by atoms with van der Waals surface area (Å²) in [6.45, 7) is 0. The van der Waals surface area contributed by atoms with E-state index in [1.165, 1.54) is 7.05 Å². The maximum absolute atomic E-state index is 10.1. The molecule has 0 unspecified atom stereocenters. The summed E-state index contributed by atoms with van der Waals surface area (Å²) in [5, 5.41) is 0. The molecule has 0 fully saturated rings. The quantitative estimate of drug-likeness (QED) is 0.172. The summed E-state index contributed by atoms with van der Waals surface area (Å²) in [4.78, 5) is 10.1. The van der Waals surface area contributed by atoms with Gasteiger partial charge in [-0.05, 0) is 0 Å². The van der Waals surface area contributed by atoms with Gasteiger partial charge in [0.05, 0.1) is 0 Å². The highest BCUT2D eigenvalue weighted by molar-refractivity contribution is 7.78. The number of nitrogens with one attached hydrogen (secondary N) is 1. The number of carbonyl (C=O) groups excluding carboxylic acids is 1. The van der Waals surface area contributed by atoms with Crippen LogP contribution in [0.5, 0.6) is 0 Å². The Morgan fingerprint density at radius 3 is 2.43 bits per heavy atom. The van der Waals surface area contributed by atoms with Crippen LogP contribution in [0.1, 0.15) is 0 Å². The van der Waals surface area contributed by atoms with Gasteiger partial charge < -0.3 is 0 Å². The highest BCUT2D eigenvalue weighted by atomic mass is 32.1. The Morgan fingerprint density at radius 1 is 2.00 bits per heavy atom. The number of nitrogens with two attached hydrogens (primary N) is 1. The maximum Gasteiger partial charge on any atom is 0.341 e. The second-order valence-corrected chi connectivity index (χ2v) is 1.57. The van der Waals surface area contributed by atoms with Crippen molar-refractivity contribution in [3.63, 3.8) is 0 Å². The molecule has 5 heteroatoms. The molecule has 0 spiro atoms. The Balaban J connectivity index is 3.35. The van der Waals surface area contributed by atoms with Crippen molar-refractivity contribution in [2.45, 2.75) is 0 Å². The average molecular weight is 121 g/mol. The molecule has 4 nitrogen and oxygen atoms in total. The van der Waals surface area contributed by atoms with Gasteiger partial charge >= 0.3 is 6.03 Å². The van der Waals surface area contributed by atoms with Crippen LogP contribution >= 0.6 is 12.8 Å². The fraction of sp³-hybridized carbons (Fsp3) is 0.500. The molecule has 0 radical (unpaired) electrons. The van der Waals surface area contributed by atoms with E-state index in [1.807, 2.05) is 5.43 Å². The van der Waals surface area contributed by atoms with Crippen LogP contribution in [0.25, 0.3) is 0 Å². The van der Waals surface area contributed by atoms with E-state index in [0.29, 0.717) is 0 Å². The SMILES string of the molecule is CN(S)C(=O)NN. The first kappa shape index (κ1) is 6.58. The van der Waals surface area contributed by atoms with Gasteiger partial charge in [0.25, 0.3) is 0 Å². The van der Waals surface area contributed by atoms with E-state index in [4.69, 9.17) is 0 Å². The first-order chi connectivity index (χ1) is 3.18. The second kappa shape index (κ2) is 2.70. The minimum atomic E-state index is -0.427. The smallest absolute Gasteiger partial charge is 0.275 e. The summed E-state index contributed by atoms with van der Waals surface area (Å²) in [6.07, 6.45) is 0. The largest absolute Gasteiger partial charge is 0.341 e. The van der Waals surface area contributed by atoms with Gasteiger partial charge in [-0.3, -0.25) is 9.73 Å². The Labute approximate surface area is 47.2 Å². The summed E-state index contributed by atoms with van der Waals surface area (Å²) < 4.78 is 1.04. The molecule has 42 valence electrons. The van der Waals surface area contributed by atoms with Crippen molar-refractivity contribution in [2.75, 3.05) is 7.05 Å². The number of nitrogens with zero attached hydrogens (tertiary/aromatic N) is 1. The van der Waals surface area contributed by atoms with E-state index in [1.54, 1.807) is 0 Å². The molecule has 0 rings (SSSR count). The Hall–Kier alpha value is -0.420. The van der Waals surface area contributed by atoms with Crippen molar-refractivity contribution >= 4 is 18.8 Å². The summed E-state index contributed by atoms with van der Waals surface area (Å²) in [6, 6.07) is -0.427. The molecule has 0 aliphatic rings. The highest BCUT2D eigenvalue weighted by Crippen LogP contribution is 1.82. The fourth-order valence-corrected chi connectivity index (χ4v) is 0.151. The molecule has 2 amide bonds. The predicted octanol–water partition coefficient (Wildman–Crippen LogP) is -0.654. The molecule has 3 N–H and O–H groups in total. The van der Waals surface area contributed by atoms with Crippen molar-refractivity contribution in [1.29, 1.82) is 0 Å². The van der Waals surface area contributed by atoms with E-state index in [-0.39, 0.29) is 0 Å². The van der Waals surface area contributed by atoms with Crippen LogP contribution in [-0.2, 0) is 0 Å². The van der Waals surface area contributed by atoms with Gasteiger partial charge in [0.1, 0.15) is 0 Å². The number of carbonyl (C=O) groups is 1. The molecular formula is C2H7N3OS. The third-order valence-corrected chi connectivity index (χ3v) is 0.599. The molecule has 0 saturated carbocycles. The Morgan fingerprint density at radius 2 is 2.43 bits per heavy atom. The fourth-order valence-electron chi connectivity index (χ4n) is 0.0934. The van der Waals surface area contributed by atoms with Gasteiger partial charge in [-0.15, -0.1) is 0 Å². The van der Waals surface area contributed by atoms with E-state index >= 15 is 0 Å². The topological polar surface area (TPSA) is 58.4 Å². The van der Waals surface area contributed by atoms with Gasteiger partial charge in [0.15, 0.2) is 0 Å². The first-order valence-electron chi connectivity index (χ1n) is 1.61. The lowest BCUT2D eigenvalue weighted by atomic mass is 11.0.